The Balaban J connectivity index is 1.74. The van der Waals surface area contributed by atoms with Gasteiger partial charge >= 0.3 is 0 Å². The van der Waals surface area contributed by atoms with Gasteiger partial charge in [0.25, 0.3) is 0 Å². The highest BCUT2D eigenvalue weighted by atomic mass is 32.2. The maximum atomic E-state index is 11.7. The Morgan fingerprint density at radius 1 is 1.07 bits per heavy atom. The predicted molar refractivity (Wildman–Crippen MR) is 115 cm³/mol. The third-order valence-corrected chi connectivity index (χ3v) is 4.79. The highest BCUT2D eigenvalue weighted by Crippen LogP contribution is 2.15. The largest absolute Gasteiger partial charge is 0.356 e. The van der Waals surface area contributed by atoms with Gasteiger partial charge in [0.15, 0.2) is 5.96 Å². The number of carbonyl (C=O) groups excluding carboxylic acids is 1. The van der Waals surface area contributed by atoms with E-state index in [0.717, 1.165) is 35.9 Å². The zero-order valence-electron chi connectivity index (χ0n) is 16.0. The van der Waals surface area contributed by atoms with E-state index in [1.807, 2.05) is 49.0 Å². The summed E-state index contributed by atoms with van der Waals surface area (Å²) in [7, 11) is 1.76. The van der Waals surface area contributed by atoms with Crippen LogP contribution in [0.2, 0.25) is 0 Å². The summed E-state index contributed by atoms with van der Waals surface area (Å²) in [6.07, 6.45) is 1.39. The number of aliphatic imine (C=N–C) groups is 1. The Labute approximate surface area is 166 Å². The molecule has 0 saturated heterocycles. The molecule has 0 radical (unpaired) electrons. The molecular weight excluding hydrogens is 356 g/mol. The molecule has 0 atom stereocenters. The zero-order valence-corrected chi connectivity index (χ0v) is 16.8. The zero-order chi connectivity index (χ0) is 19.3. The Morgan fingerprint density at radius 3 is 2.63 bits per heavy atom. The smallest absolute Gasteiger partial charge is 0.224 e. The van der Waals surface area contributed by atoms with Crippen molar-refractivity contribution in [2.24, 2.45) is 4.99 Å². The molecule has 0 aliphatic carbocycles. The van der Waals surface area contributed by atoms with Crippen molar-refractivity contribution in [2.45, 2.75) is 31.2 Å². The van der Waals surface area contributed by atoms with Crippen LogP contribution in [0.4, 0.5) is 5.69 Å². The second kappa shape index (κ2) is 12.0. The van der Waals surface area contributed by atoms with Crippen molar-refractivity contribution in [3.05, 3.63) is 60.2 Å². The van der Waals surface area contributed by atoms with Crippen LogP contribution in [0.25, 0.3) is 0 Å². The van der Waals surface area contributed by atoms with Crippen molar-refractivity contribution in [1.82, 2.24) is 10.6 Å². The molecule has 1 amide bonds. The number of nitrogens with one attached hydrogen (secondary N) is 3. The first-order valence-corrected chi connectivity index (χ1v) is 10.2. The Hall–Kier alpha value is -2.47. The van der Waals surface area contributed by atoms with Crippen molar-refractivity contribution in [1.29, 1.82) is 0 Å². The number of hydrogen-bond acceptors (Lipinski definition) is 3. The topological polar surface area (TPSA) is 65.5 Å². The third-order valence-electron chi connectivity index (χ3n) is 3.78. The molecule has 0 aliphatic heterocycles. The van der Waals surface area contributed by atoms with E-state index in [4.69, 9.17) is 0 Å². The van der Waals surface area contributed by atoms with Gasteiger partial charge in [-0.05, 0) is 36.2 Å². The van der Waals surface area contributed by atoms with Crippen molar-refractivity contribution in [2.75, 3.05) is 24.7 Å². The molecule has 2 aromatic carbocycles. The fraction of sp³-hybridized carbons (Fsp3) is 0.333. The highest BCUT2D eigenvalue weighted by molar-refractivity contribution is 7.99. The van der Waals surface area contributed by atoms with Crippen molar-refractivity contribution in [3.63, 3.8) is 0 Å². The van der Waals surface area contributed by atoms with Crippen LogP contribution in [0.1, 0.15) is 25.3 Å². The van der Waals surface area contributed by atoms with Gasteiger partial charge in [-0.1, -0.05) is 37.3 Å². The molecule has 5 nitrogen and oxygen atoms in total. The lowest BCUT2D eigenvalue weighted by atomic mass is 10.2. The van der Waals surface area contributed by atoms with Crippen molar-refractivity contribution in [3.8, 4) is 0 Å². The standard InChI is InChI=1S/C21H28N4OS/c1-3-8-20(26)25-18-10-7-9-17(15-18)16-24-21(22-2)23-13-14-27-19-11-5-4-6-12-19/h4-7,9-12,15H,3,8,13-14,16H2,1-2H3,(H,25,26)(H2,22,23,24). The molecule has 2 aromatic rings. The summed E-state index contributed by atoms with van der Waals surface area (Å²) in [4.78, 5) is 17.3. The summed E-state index contributed by atoms with van der Waals surface area (Å²) in [5, 5.41) is 9.56. The van der Waals surface area contributed by atoms with Gasteiger partial charge in [-0.3, -0.25) is 9.79 Å². The van der Waals surface area contributed by atoms with Crippen LogP contribution >= 0.6 is 11.8 Å². The maximum absolute atomic E-state index is 11.7. The molecule has 0 aromatic heterocycles. The van der Waals surface area contributed by atoms with E-state index >= 15 is 0 Å². The second-order valence-corrected chi connectivity index (χ2v) is 7.18. The van der Waals surface area contributed by atoms with Crippen LogP contribution in [-0.2, 0) is 11.3 Å². The van der Waals surface area contributed by atoms with Gasteiger partial charge in [0.1, 0.15) is 0 Å². The number of thioether (sulfide) groups is 1. The Bertz CT molecular complexity index is 734. The lowest BCUT2D eigenvalue weighted by molar-refractivity contribution is -0.116. The van der Waals surface area contributed by atoms with E-state index in [1.165, 1.54) is 4.90 Å². The summed E-state index contributed by atoms with van der Waals surface area (Å²) in [6, 6.07) is 18.2. The molecule has 2 rings (SSSR count). The number of amides is 1. The van der Waals surface area contributed by atoms with Gasteiger partial charge in [-0.2, -0.15) is 0 Å². The fourth-order valence-electron chi connectivity index (χ4n) is 2.47. The minimum Gasteiger partial charge on any atom is -0.356 e. The minimum absolute atomic E-state index is 0.0519. The molecule has 0 spiro atoms. The third kappa shape index (κ3) is 8.17. The SMILES string of the molecule is CCCC(=O)Nc1cccc(CNC(=NC)NCCSc2ccccc2)c1. The van der Waals surface area contributed by atoms with Crippen molar-refractivity contribution < 1.29 is 4.79 Å². The van der Waals surface area contributed by atoms with E-state index in [9.17, 15) is 4.79 Å². The molecule has 0 fully saturated rings. The van der Waals surface area contributed by atoms with Crippen LogP contribution in [0.15, 0.2) is 64.5 Å². The summed E-state index contributed by atoms with van der Waals surface area (Å²) in [5.41, 5.74) is 1.92. The van der Waals surface area contributed by atoms with Gasteiger partial charge in [0.05, 0.1) is 0 Å². The van der Waals surface area contributed by atoms with E-state index in [1.54, 1.807) is 7.05 Å². The first kappa shape index (κ1) is 20.8. The van der Waals surface area contributed by atoms with Gasteiger partial charge in [-0.25, -0.2) is 0 Å². The van der Waals surface area contributed by atoms with Gasteiger partial charge in [-0.15, -0.1) is 11.8 Å². The molecule has 0 aliphatic rings. The summed E-state index contributed by atoms with van der Waals surface area (Å²) in [6.45, 7) is 3.46. The van der Waals surface area contributed by atoms with Crippen LogP contribution in [0.3, 0.4) is 0 Å². The van der Waals surface area contributed by atoms with E-state index in [-0.39, 0.29) is 5.91 Å². The first-order chi connectivity index (χ1) is 13.2. The molecule has 3 N–H and O–H groups in total. The van der Waals surface area contributed by atoms with E-state index < -0.39 is 0 Å². The second-order valence-electron chi connectivity index (χ2n) is 6.01. The molecule has 0 saturated carbocycles. The molecule has 144 valence electrons. The fourth-order valence-corrected chi connectivity index (χ4v) is 3.26. The average molecular weight is 385 g/mol. The molecular formula is C21H28N4OS. The summed E-state index contributed by atoms with van der Waals surface area (Å²) in [5.74, 6) is 1.78. The number of anilines is 1. The van der Waals surface area contributed by atoms with Crippen LogP contribution in [0, 0.1) is 0 Å². The quantitative estimate of drug-likeness (QED) is 0.266. The summed E-state index contributed by atoms with van der Waals surface area (Å²) >= 11 is 1.81. The lowest BCUT2D eigenvalue weighted by Gasteiger charge is -2.13. The van der Waals surface area contributed by atoms with Crippen molar-refractivity contribution >= 4 is 29.3 Å². The number of nitrogens with zero attached hydrogens (tertiary/aromatic N) is 1. The Morgan fingerprint density at radius 2 is 1.89 bits per heavy atom. The number of carbonyl (C=O) groups is 1. The van der Waals surface area contributed by atoms with Crippen LogP contribution in [-0.4, -0.2) is 31.2 Å². The highest BCUT2D eigenvalue weighted by Gasteiger charge is 2.03. The number of hydrogen-bond donors (Lipinski definition) is 3. The Kier molecular flexibility index (Phi) is 9.27. The average Bonchev–Trinajstić information content (AvgIpc) is 2.68. The number of benzene rings is 2. The number of guanidine groups is 1. The normalized spacial score (nSPS) is 11.1. The maximum Gasteiger partial charge on any atom is 0.224 e. The van der Waals surface area contributed by atoms with Gasteiger partial charge in [0.2, 0.25) is 5.91 Å². The molecule has 0 unspecified atom stereocenters. The molecule has 6 heteroatoms. The summed E-state index contributed by atoms with van der Waals surface area (Å²) < 4.78 is 0. The molecule has 0 bridgehead atoms. The van der Waals surface area contributed by atoms with Gasteiger partial charge in [0, 0.05) is 42.9 Å². The predicted octanol–water partition coefficient (Wildman–Crippen LogP) is 3.88. The van der Waals surface area contributed by atoms with Gasteiger partial charge < -0.3 is 16.0 Å². The lowest BCUT2D eigenvalue weighted by Crippen LogP contribution is -2.37. The van der Waals surface area contributed by atoms with Crippen LogP contribution in [0.5, 0.6) is 0 Å². The molecule has 27 heavy (non-hydrogen) atoms. The van der Waals surface area contributed by atoms with E-state index in [0.29, 0.717) is 13.0 Å². The van der Waals surface area contributed by atoms with E-state index in [2.05, 4.69) is 45.2 Å². The monoisotopic (exact) mass is 384 g/mol. The minimum atomic E-state index is 0.0519. The van der Waals surface area contributed by atoms with Crippen LogP contribution < -0.4 is 16.0 Å². The molecule has 0 heterocycles. The number of rotatable bonds is 9. The first-order valence-electron chi connectivity index (χ1n) is 9.22.